The first-order chi connectivity index (χ1) is 7.25. The molecule has 0 aliphatic rings. The number of hydrogen-bond acceptors (Lipinski definition) is 3. The van der Waals surface area contributed by atoms with Gasteiger partial charge in [-0.1, -0.05) is 24.3 Å². The number of nitrogens with zero attached hydrogens (tertiary/aromatic N) is 2. The van der Waals surface area contributed by atoms with E-state index in [1.165, 1.54) is 11.1 Å². The molecular weight excluding hydrogens is 188 g/mol. The number of hydrogen-bond donors (Lipinski definition) is 2. The Labute approximate surface area is 88.5 Å². The molecule has 0 fully saturated rings. The lowest BCUT2D eigenvalue weighted by molar-refractivity contribution is 0.860. The Morgan fingerprint density at radius 3 is 2.73 bits per heavy atom. The maximum atomic E-state index is 5.42. The molecule has 0 aliphatic carbocycles. The smallest absolute Gasteiger partial charge is 0.239 e. The van der Waals surface area contributed by atoms with Crippen molar-refractivity contribution in [3.05, 3.63) is 41.2 Å². The van der Waals surface area contributed by atoms with Gasteiger partial charge in [0.1, 0.15) is 5.82 Å². The molecule has 0 aliphatic heterocycles. The number of H-pyrrole nitrogens is 1. The van der Waals surface area contributed by atoms with Gasteiger partial charge in [-0.25, -0.2) is 0 Å². The third-order valence-electron chi connectivity index (χ3n) is 2.44. The summed E-state index contributed by atoms with van der Waals surface area (Å²) in [6.07, 6.45) is 1.80. The van der Waals surface area contributed by atoms with Gasteiger partial charge in [-0.2, -0.15) is 4.98 Å². The van der Waals surface area contributed by atoms with Crippen LogP contribution in [0.3, 0.4) is 0 Å². The first-order valence-electron chi connectivity index (χ1n) is 4.97. The minimum Gasteiger partial charge on any atom is -0.367 e. The van der Waals surface area contributed by atoms with E-state index in [0.29, 0.717) is 5.95 Å². The Morgan fingerprint density at radius 2 is 2.07 bits per heavy atom. The van der Waals surface area contributed by atoms with Crippen molar-refractivity contribution in [3.63, 3.8) is 0 Å². The third kappa shape index (κ3) is 2.34. The Hall–Kier alpha value is -1.84. The van der Waals surface area contributed by atoms with Crippen molar-refractivity contribution in [2.75, 3.05) is 5.73 Å². The molecule has 0 radical (unpaired) electrons. The van der Waals surface area contributed by atoms with Crippen molar-refractivity contribution in [3.8, 4) is 0 Å². The van der Waals surface area contributed by atoms with E-state index in [1.54, 1.807) is 0 Å². The lowest BCUT2D eigenvalue weighted by Gasteiger charge is -2.02. The molecule has 0 spiro atoms. The van der Waals surface area contributed by atoms with Crippen molar-refractivity contribution in [2.45, 2.75) is 19.8 Å². The molecule has 3 N–H and O–H groups in total. The highest BCUT2D eigenvalue weighted by molar-refractivity contribution is 5.26. The molecule has 0 saturated heterocycles. The van der Waals surface area contributed by atoms with Crippen LogP contribution in [0.4, 0.5) is 5.95 Å². The molecule has 1 heterocycles. The van der Waals surface area contributed by atoms with Gasteiger partial charge in [0.25, 0.3) is 0 Å². The number of aromatic nitrogens is 3. The summed E-state index contributed by atoms with van der Waals surface area (Å²) in [7, 11) is 0. The van der Waals surface area contributed by atoms with Crippen molar-refractivity contribution >= 4 is 5.95 Å². The van der Waals surface area contributed by atoms with Gasteiger partial charge in [0, 0.05) is 6.42 Å². The van der Waals surface area contributed by atoms with Crippen LogP contribution in [0.15, 0.2) is 24.3 Å². The monoisotopic (exact) mass is 202 g/mol. The lowest BCUT2D eigenvalue weighted by Crippen LogP contribution is -1.96. The maximum Gasteiger partial charge on any atom is 0.239 e. The van der Waals surface area contributed by atoms with Crippen LogP contribution in [-0.4, -0.2) is 15.2 Å². The number of nitrogens with two attached hydrogens (primary N) is 1. The molecule has 2 aromatic rings. The standard InChI is InChI=1S/C11H14N4/c1-8-4-2-3-5-9(8)6-7-10-13-11(12)15-14-10/h2-5H,6-7H2,1H3,(H3,12,13,14,15). The van der Waals surface area contributed by atoms with E-state index in [1.807, 2.05) is 6.07 Å². The minimum atomic E-state index is 0.315. The maximum absolute atomic E-state index is 5.42. The fourth-order valence-corrected chi connectivity index (χ4v) is 1.57. The number of nitrogen functional groups attached to an aromatic ring is 1. The van der Waals surface area contributed by atoms with Crippen molar-refractivity contribution < 1.29 is 0 Å². The lowest BCUT2D eigenvalue weighted by atomic mass is 10.0. The van der Waals surface area contributed by atoms with Crippen LogP contribution in [0, 0.1) is 6.92 Å². The molecule has 4 heteroatoms. The molecule has 2 rings (SSSR count). The SMILES string of the molecule is Cc1ccccc1CCc1nc(N)n[nH]1. The Kier molecular flexibility index (Phi) is 2.67. The molecule has 0 bridgehead atoms. The summed E-state index contributed by atoms with van der Waals surface area (Å²) in [6, 6.07) is 8.35. The van der Waals surface area contributed by atoms with Crippen LogP contribution in [0.2, 0.25) is 0 Å². The summed E-state index contributed by atoms with van der Waals surface area (Å²) in [4.78, 5) is 4.07. The van der Waals surface area contributed by atoms with E-state index in [4.69, 9.17) is 5.73 Å². The van der Waals surface area contributed by atoms with E-state index in [-0.39, 0.29) is 0 Å². The zero-order valence-corrected chi connectivity index (χ0v) is 8.70. The number of anilines is 1. The Balaban J connectivity index is 2.02. The first kappa shape index (κ1) is 9.71. The third-order valence-corrected chi connectivity index (χ3v) is 2.44. The summed E-state index contributed by atoms with van der Waals surface area (Å²) >= 11 is 0. The van der Waals surface area contributed by atoms with Crippen LogP contribution in [0.5, 0.6) is 0 Å². The van der Waals surface area contributed by atoms with Gasteiger partial charge in [0.2, 0.25) is 5.95 Å². The van der Waals surface area contributed by atoms with Crippen molar-refractivity contribution in [1.29, 1.82) is 0 Å². The van der Waals surface area contributed by atoms with Crippen LogP contribution in [-0.2, 0) is 12.8 Å². The summed E-state index contributed by atoms with van der Waals surface area (Å²) < 4.78 is 0. The van der Waals surface area contributed by atoms with Crippen molar-refractivity contribution in [1.82, 2.24) is 15.2 Å². The van der Waals surface area contributed by atoms with Crippen LogP contribution in [0.1, 0.15) is 17.0 Å². The van der Waals surface area contributed by atoms with Crippen LogP contribution in [0.25, 0.3) is 0 Å². The molecular formula is C11H14N4. The normalized spacial score (nSPS) is 10.5. The fraction of sp³-hybridized carbons (Fsp3) is 0.273. The number of benzene rings is 1. The first-order valence-corrected chi connectivity index (χ1v) is 4.97. The number of nitrogens with one attached hydrogen (secondary N) is 1. The Morgan fingerprint density at radius 1 is 1.27 bits per heavy atom. The fourth-order valence-electron chi connectivity index (χ4n) is 1.57. The van der Waals surface area contributed by atoms with Crippen LogP contribution >= 0.6 is 0 Å². The van der Waals surface area contributed by atoms with Crippen LogP contribution < -0.4 is 5.73 Å². The molecule has 15 heavy (non-hydrogen) atoms. The average Bonchev–Trinajstić information content (AvgIpc) is 2.63. The zero-order chi connectivity index (χ0) is 10.7. The summed E-state index contributed by atoms with van der Waals surface area (Å²) in [6.45, 7) is 2.12. The minimum absolute atomic E-state index is 0.315. The van der Waals surface area contributed by atoms with E-state index < -0.39 is 0 Å². The summed E-state index contributed by atoms with van der Waals surface area (Å²) in [5.41, 5.74) is 8.07. The summed E-state index contributed by atoms with van der Waals surface area (Å²) in [5, 5.41) is 6.60. The van der Waals surface area contributed by atoms with Gasteiger partial charge in [0.05, 0.1) is 0 Å². The van der Waals surface area contributed by atoms with Gasteiger partial charge in [-0.3, -0.25) is 5.10 Å². The quantitative estimate of drug-likeness (QED) is 0.792. The van der Waals surface area contributed by atoms with E-state index in [0.717, 1.165) is 18.7 Å². The topological polar surface area (TPSA) is 67.6 Å². The van der Waals surface area contributed by atoms with Gasteiger partial charge >= 0.3 is 0 Å². The van der Waals surface area contributed by atoms with Crippen molar-refractivity contribution in [2.24, 2.45) is 0 Å². The second-order valence-corrected chi connectivity index (χ2v) is 3.57. The van der Waals surface area contributed by atoms with Gasteiger partial charge in [-0.15, -0.1) is 5.10 Å². The highest BCUT2D eigenvalue weighted by Gasteiger charge is 2.01. The molecule has 78 valence electrons. The second kappa shape index (κ2) is 4.13. The van der Waals surface area contributed by atoms with E-state index in [9.17, 15) is 0 Å². The highest BCUT2D eigenvalue weighted by Crippen LogP contribution is 2.09. The number of aromatic amines is 1. The second-order valence-electron chi connectivity index (χ2n) is 3.57. The zero-order valence-electron chi connectivity index (χ0n) is 8.70. The van der Waals surface area contributed by atoms with E-state index >= 15 is 0 Å². The highest BCUT2D eigenvalue weighted by atomic mass is 15.3. The molecule has 0 atom stereocenters. The molecule has 0 amide bonds. The predicted octanol–water partition coefficient (Wildman–Crippen LogP) is 1.48. The van der Waals surface area contributed by atoms with E-state index in [2.05, 4.69) is 40.3 Å². The largest absolute Gasteiger partial charge is 0.367 e. The number of rotatable bonds is 3. The Bertz CT molecular complexity index is 447. The van der Waals surface area contributed by atoms with Gasteiger partial charge in [0.15, 0.2) is 0 Å². The van der Waals surface area contributed by atoms with Gasteiger partial charge < -0.3 is 5.73 Å². The van der Waals surface area contributed by atoms with Gasteiger partial charge in [-0.05, 0) is 24.5 Å². The average molecular weight is 202 g/mol. The number of aryl methyl sites for hydroxylation is 3. The molecule has 1 aromatic heterocycles. The molecule has 0 saturated carbocycles. The molecule has 1 aromatic carbocycles. The molecule has 4 nitrogen and oxygen atoms in total. The summed E-state index contributed by atoms with van der Waals surface area (Å²) in [5.74, 6) is 1.16. The predicted molar refractivity (Wildman–Crippen MR) is 59.4 cm³/mol. The molecule has 0 unspecified atom stereocenters.